The van der Waals surface area contributed by atoms with Gasteiger partial charge in [0.15, 0.2) is 0 Å². The molecule has 0 fully saturated rings. The summed E-state index contributed by atoms with van der Waals surface area (Å²) >= 11 is 12.4. The Kier molecular flexibility index (Phi) is 9.48. The van der Waals surface area contributed by atoms with E-state index in [1.54, 1.807) is 41.1 Å². The number of alkyl halides is 3. The van der Waals surface area contributed by atoms with Gasteiger partial charge in [-0.05, 0) is 72.1 Å². The zero-order valence-electron chi connectivity index (χ0n) is 24.4. The van der Waals surface area contributed by atoms with Gasteiger partial charge in [-0.3, -0.25) is 4.79 Å². The van der Waals surface area contributed by atoms with Crippen molar-refractivity contribution in [2.45, 2.75) is 26.1 Å². The standard InChI is InChI=1S/C33H26Cl2F3N3O4S/c1-3-41-19-30(27-14-10-23(34)17-29(27)35)39-31(41)16-20-4-6-21(7-5-20)22-8-11-24(12-9-22)45-25-13-15-26(28(18-25)33(36,37)38)32(42)40-46(2,43)44/h4-15,17-19H,3,16H2,1-2H3,(H,40,42). The van der Waals surface area contributed by atoms with Gasteiger partial charge in [-0.15, -0.1) is 0 Å². The summed E-state index contributed by atoms with van der Waals surface area (Å²) in [6.45, 7) is 2.78. The first-order valence-corrected chi connectivity index (χ1v) is 16.5. The predicted octanol–water partition coefficient (Wildman–Crippen LogP) is 8.64. The Balaban J connectivity index is 1.29. The number of hydrogen-bond donors (Lipinski definition) is 1. The Morgan fingerprint density at radius 3 is 2.13 bits per heavy atom. The van der Waals surface area contributed by atoms with Crippen molar-refractivity contribution in [3.8, 4) is 33.9 Å². The molecule has 0 aliphatic carbocycles. The Morgan fingerprint density at radius 1 is 0.913 bits per heavy atom. The molecule has 0 unspecified atom stereocenters. The number of halogens is 5. The van der Waals surface area contributed by atoms with Crippen LogP contribution in [-0.2, 0) is 29.2 Å². The highest BCUT2D eigenvalue weighted by Gasteiger charge is 2.36. The normalized spacial score (nSPS) is 11.8. The summed E-state index contributed by atoms with van der Waals surface area (Å²) in [6.07, 6.45) is -1.69. The number of amides is 1. The largest absolute Gasteiger partial charge is 0.457 e. The monoisotopic (exact) mass is 687 g/mol. The van der Waals surface area contributed by atoms with Crippen LogP contribution in [0.4, 0.5) is 13.2 Å². The third-order valence-electron chi connectivity index (χ3n) is 6.97. The smallest absolute Gasteiger partial charge is 0.417 e. The molecule has 7 nitrogen and oxygen atoms in total. The minimum atomic E-state index is -4.93. The number of aromatic nitrogens is 2. The second-order valence-electron chi connectivity index (χ2n) is 10.4. The molecule has 1 heterocycles. The van der Waals surface area contributed by atoms with Gasteiger partial charge >= 0.3 is 6.18 Å². The van der Waals surface area contributed by atoms with Crippen molar-refractivity contribution in [2.24, 2.45) is 0 Å². The number of aryl methyl sites for hydroxylation is 1. The van der Waals surface area contributed by atoms with Crippen molar-refractivity contribution < 1.29 is 31.1 Å². The van der Waals surface area contributed by atoms with Crippen LogP contribution in [0, 0.1) is 0 Å². The summed E-state index contributed by atoms with van der Waals surface area (Å²) in [4.78, 5) is 17.0. The van der Waals surface area contributed by atoms with Crippen molar-refractivity contribution in [1.82, 2.24) is 14.3 Å². The van der Waals surface area contributed by atoms with Gasteiger partial charge in [0, 0.05) is 29.7 Å². The molecule has 1 N–H and O–H groups in total. The highest BCUT2D eigenvalue weighted by molar-refractivity contribution is 7.89. The molecule has 0 spiro atoms. The van der Waals surface area contributed by atoms with Gasteiger partial charge in [-0.25, -0.2) is 18.1 Å². The van der Waals surface area contributed by atoms with Gasteiger partial charge < -0.3 is 9.30 Å². The Hall–Kier alpha value is -4.32. The highest BCUT2D eigenvalue weighted by Crippen LogP contribution is 2.36. The number of nitrogens with one attached hydrogen (secondary N) is 1. The molecule has 0 bridgehead atoms. The van der Waals surface area contributed by atoms with Gasteiger partial charge in [0.1, 0.15) is 17.3 Å². The van der Waals surface area contributed by atoms with E-state index in [4.69, 9.17) is 32.9 Å². The van der Waals surface area contributed by atoms with E-state index in [9.17, 15) is 26.4 Å². The van der Waals surface area contributed by atoms with E-state index >= 15 is 0 Å². The molecule has 0 saturated carbocycles. The Labute approximate surface area is 273 Å². The molecule has 0 saturated heterocycles. The fourth-order valence-corrected chi connectivity index (χ4v) is 5.74. The van der Waals surface area contributed by atoms with Crippen molar-refractivity contribution in [3.05, 3.63) is 124 Å². The molecule has 13 heteroatoms. The van der Waals surface area contributed by atoms with Gasteiger partial charge in [-0.1, -0.05) is 59.6 Å². The maximum atomic E-state index is 13.7. The molecule has 238 valence electrons. The second-order valence-corrected chi connectivity index (χ2v) is 13.0. The number of benzene rings is 4. The summed E-state index contributed by atoms with van der Waals surface area (Å²) in [5.74, 6) is -0.410. The molecule has 5 rings (SSSR count). The average molecular weight is 689 g/mol. The number of sulfonamides is 1. The number of imidazole rings is 1. The lowest BCUT2D eigenvalue weighted by Gasteiger charge is -2.15. The third-order valence-corrected chi connectivity index (χ3v) is 8.07. The summed E-state index contributed by atoms with van der Waals surface area (Å²) < 4.78 is 73.0. The molecule has 1 aromatic heterocycles. The van der Waals surface area contributed by atoms with Crippen molar-refractivity contribution in [3.63, 3.8) is 0 Å². The zero-order valence-corrected chi connectivity index (χ0v) is 26.7. The summed E-state index contributed by atoms with van der Waals surface area (Å²) in [7, 11) is -4.06. The van der Waals surface area contributed by atoms with Crippen LogP contribution in [0.25, 0.3) is 22.4 Å². The van der Waals surface area contributed by atoms with Crippen molar-refractivity contribution in [1.29, 1.82) is 0 Å². The lowest BCUT2D eigenvalue weighted by atomic mass is 10.0. The second kappa shape index (κ2) is 13.2. The number of nitrogens with zero attached hydrogens (tertiary/aromatic N) is 2. The summed E-state index contributed by atoms with van der Waals surface area (Å²) in [5, 5.41) is 1.08. The van der Waals surface area contributed by atoms with Gasteiger partial charge in [0.25, 0.3) is 5.91 Å². The van der Waals surface area contributed by atoms with E-state index in [1.807, 2.05) is 43.5 Å². The molecule has 1 amide bonds. The molecular weight excluding hydrogens is 662 g/mol. The van der Waals surface area contributed by atoms with Crippen LogP contribution < -0.4 is 9.46 Å². The van der Waals surface area contributed by atoms with Gasteiger partial charge in [-0.2, -0.15) is 13.2 Å². The van der Waals surface area contributed by atoms with Gasteiger partial charge in [0.05, 0.1) is 28.1 Å². The zero-order chi connectivity index (χ0) is 33.2. The molecule has 0 aliphatic heterocycles. The maximum Gasteiger partial charge on any atom is 0.417 e. The molecule has 0 aliphatic rings. The quantitative estimate of drug-likeness (QED) is 0.168. The Morgan fingerprint density at radius 2 is 1.54 bits per heavy atom. The minimum absolute atomic E-state index is 0.174. The maximum absolute atomic E-state index is 13.7. The lowest BCUT2D eigenvalue weighted by Crippen LogP contribution is -2.31. The van der Waals surface area contributed by atoms with E-state index in [0.29, 0.717) is 28.8 Å². The Bertz CT molecular complexity index is 2010. The molecule has 46 heavy (non-hydrogen) atoms. The van der Waals surface area contributed by atoms with Crippen LogP contribution >= 0.6 is 23.2 Å². The number of rotatable bonds is 9. The van der Waals surface area contributed by atoms with Crippen molar-refractivity contribution in [2.75, 3.05) is 6.26 Å². The fraction of sp³-hybridized carbons (Fsp3) is 0.152. The van der Waals surface area contributed by atoms with Crippen LogP contribution in [0.5, 0.6) is 11.5 Å². The SMILES string of the molecule is CCn1cc(-c2ccc(Cl)cc2Cl)nc1Cc1ccc(-c2ccc(Oc3ccc(C(=O)NS(C)(=O)=O)c(C(F)(F)F)c3)cc2)cc1. The van der Waals surface area contributed by atoms with Crippen LogP contribution in [0.15, 0.2) is 91.1 Å². The predicted molar refractivity (Wildman–Crippen MR) is 172 cm³/mol. The lowest BCUT2D eigenvalue weighted by molar-refractivity contribution is -0.138. The highest BCUT2D eigenvalue weighted by atomic mass is 35.5. The topological polar surface area (TPSA) is 90.3 Å². The first kappa shape index (κ1) is 33.1. The number of ether oxygens (including phenoxy) is 1. The van der Waals surface area contributed by atoms with E-state index in [1.165, 1.54) is 0 Å². The van der Waals surface area contributed by atoms with E-state index in [2.05, 4.69) is 4.57 Å². The van der Waals surface area contributed by atoms with Crippen LogP contribution in [0.2, 0.25) is 10.0 Å². The van der Waals surface area contributed by atoms with E-state index in [-0.39, 0.29) is 11.5 Å². The third kappa shape index (κ3) is 7.90. The molecular formula is C33H26Cl2F3N3O4S. The minimum Gasteiger partial charge on any atom is -0.457 e. The first-order chi connectivity index (χ1) is 21.7. The molecule has 4 aromatic carbocycles. The molecule has 5 aromatic rings. The average Bonchev–Trinajstić information content (AvgIpc) is 3.39. The molecule has 0 atom stereocenters. The van der Waals surface area contributed by atoms with Crippen LogP contribution in [-0.4, -0.2) is 30.1 Å². The summed E-state index contributed by atoms with van der Waals surface area (Å²) in [6, 6.07) is 22.7. The number of hydrogen-bond acceptors (Lipinski definition) is 5. The van der Waals surface area contributed by atoms with Crippen LogP contribution in [0.1, 0.15) is 34.2 Å². The van der Waals surface area contributed by atoms with Crippen LogP contribution in [0.3, 0.4) is 0 Å². The number of carbonyl (C=O) groups is 1. The van der Waals surface area contributed by atoms with E-state index in [0.717, 1.165) is 52.4 Å². The molecule has 0 radical (unpaired) electrons. The van der Waals surface area contributed by atoms with Gasteiger partial charge in [0.2, 0.25) is 10.0 Å². The first-order valence-electron chi connectivity index (χ1n) is 13.8. The fourth-order valence-electron chi connectivity index (χ4n) is 4.79. The van der Waals surface area contributed by atoms with E-state index < -0.39 is 33.2 Å². The number of carbonyl (C=O) groups excluding carboxylic acids is 1. The summed E-state index contributed by atoms with van der Waals surface area (Å²) in [5.41, 5.74) is 2.23. The van der Waals surface area contributed by atoms with Crippen molar-refractivity contribution >= 4 is 39.1 Å².